The minimum Gasteiger partial charge on any atom is -0.388 e. The highest BCUT2D eigenvalue weighted by atomic mass is 16.5. The summed E-state index contributed by atoms with van der Waals surface area (Å²) < 4.78 is 5.23. The van der Waals surface area contributed by atoms with Crippen molar-refractivity contribution < 1.29 is 9.84 Å². The Morgan fingerprint density at radius 1 is 0.917 bits per heavy atom. The molecule has 1 saturated heterocycles. The van der Waals surface area contributed by atoms with Crippen molar-refractivity contribution in [1.29, 1.82) is 10.5 Å². The van der Waals surface area contributed by atoms with Crippen LogP contribution in [0.5, 0.6) is 0 Å². The molecule has 1 heterocycles. The molecule has 0 saturated carbocycles. The van der Waals surface area contributed by atoms with E-state index in [-0.39, 0.29) is 0 Å². The van der Waals surface area contributed by atoms with Crippen molar-refractivity contribution >= 4 is 0 Å². The number of benzene rings is 2. The van der Waals surface area contributed by atoms with Crippen molar-refractivity contribution in [2.24, 2.45) is 0 Å². The minimum absolute atomic E-state index is 0.461. The zero-order chi connectivity index (χ0) is 17.3. The molecule has 3 rings (SSSR count). The quantitative estimate of drug-likeness (QED) is 0.920. The molecular formula is C20H20N2O2. The summed E-state index contributed by atoms with van der Waals surface area (Å²) in [6.07, 6.45) is 1.06. The molecule has 4 nitrogen and oxygen atoms in total. The molecular weight excluding hydrogens is 300 g/mol. The van der Waals surface area contributed by atoms with Gasteiger partial charge in [-0.25, -0.2) is 0 Å². The zero-order valence-corrected chi connectivity index (χ0v) is 13.4. The number of rotatable bonds is 2. The summed E-state index contributed by atoms with van der Waals surface area (Å²) in [7, 11) is 0. The molecule has 0 aliphatic carbocycles. The van der Waals surface area contributed by atoms with Gasteiger partial charge >= 0.3 is 0 Å². The largest absolute Gasteiger partial charge is 0.388 e. The summed E-state index contributed by atoms with van der Waals surface area (Å²) in [5.41, 5.74) is 0.663. The number of hydrogen-bond donors (Lipinski definition) is 1. The van der Waals surface area contributed by atoms with Gasteiger partial charge in [-0.1, -0.05) is 48.5 Å². The van der Waals surface area contributed by atoms with Crippen molar-refractivity contribution in [3.8, 4) is 12.1 Å². The van der Waals surface area contributed by atoms with E-state index in [0.29, 0.717) is 31.6 Å². The Bertz CT molecular complexity index is 696. The Labute approximate surface area is 142 Å². The molecule has 2 aromatic rings. The van der Waals surface area contributed by atoms with Crippen molar-refractivity contribution in [3.05, 3.63) is 71.8 Å². The van der Waals surface area contributed by atoms with Crippen LogP contribution in [0, 0.1) is 22.7 Å². The predicted octanol–water partition coefficient (Wildman–Crippen LogP) is 3.39. The van der Waals surface area contributed by atoms with Gasteiger partial charge < -0.3 is 9.84 Å². The molecule has 1 N–H and O–H groups in total. The van der Waals surface area contributed by atoms with E-state index in [2.05, 4.69) is 6.07 Å². The van der Waals surface area contributed by atoms with Crippen LogP contribution in [0.1, 0.15) is 29.9 Å². The number of hydrogen-bond acceptors (Lipinski definition) is 4. The maximum atomic E-state index is 10.5. The van der Waals surface area contributed by atoms with Crippen LogP contribution >= 0.6 is 0 Å². The topological polar surface area (TPSA) is 77.0 Å². The highest BCUT2D eigenvalue weighted by Gasteiger charge is 2.39. The lowest BCUT2D eigenvalue weighted by atomic mass is 9.78. The molecule has 0 bridgehead atoms. The third kappa shape index (κ3) is 4.67. The normalized spacial score (nSPS) is 16.6. The number of nitriles is 2. The molecule has 1 aliphatic rings. The first-order valence-electron chi connectivity index (χ1n) is 7.89. The number of nitrogens with zero attached hydrogens (tertiary/aromatic N) is 2. The fraction of sp³-hybridized carbons (Fsp3) is 0.300. The lowest BCUT2D eigenvalue weighted by Gasteiger charge is -2.35. The van der Waals surface area contributed by atoms with Gasteiger partial charge in [0.15, 0.2) is 0 Å². The first kappa shape index (κ1) is 17.7. The lowest BCUT2D eigenvalue weighted by Crippen LogP contribution is -2.41. The molecule has 1 aliphatic heterocycles. The van der Waals surface area contributed by atoms with Crippen LogP contribution < -0.4 is 0 Å². The summed E-state index contributed by atoms with van der Waals surface area (Å²) in [4.78, 5) is 0. The summed E-state index contributed by atoms with van der Waals surface area (Å²) in [6.45, 7) is 1.06. The third-order valence-electron chi connectivity index (χ3n) is 4.06. The van der Waals surface area contributed by atoms with E-state index in [1.807, 2.05) is 54.6 Å². The van der Waals surface area contributed by atoms with E-state index in [4.69, 9.17) is 10.00 Å². The third-order valence-corrected chi connectivity index (χ3v) is 4.06. The van der Waals surface area contributed by atoms with Crippen LogP contribution in [0.2, 0.25) is 0 Å². The highest BCUT2D eigenvalue weighted by Crippen LogP contribution is 2.35. The summed E-state index contributed by atoms with van der Waals surface area (Å²) in [5, 5.41) is 28.0. The van der Waals surface area contributed by atoms with Crippen LogP contribution in [-0.4, -0.2) is 23.9 Å². The molecule has 122 valence electrons. The van der Waals surface area contributed by atoms with E-state index in [0.717, 1.165) is 5.56 Å². The van der Waals surface area contributed by atoms with Gasteiger partial charge in [-0.05, 0) is 17.7 Å². The van der Waals surface area contributed by atoms with Gasteiger partial charge in [0.1, 0.15) is 5.92 Å². The van der Waals surface area contributed by atoms with E-state index >= 15 is 0 Å². The first-order valence-corrected chi connectivity index (χ1v) is 7.89. The molecule has 2 aromatic carbocycles. The maximum absolute atomic E-state index is 10.5. The van der Waals surface area contributed by atoms with Crippen molar-refractivity contribution in [3.63, 3.8) is 0 Å². The first-order chi connectivity index (χ1) is 11.7. The van der Waals surface area contributed by atoms with Crippen molar-refractivity contribution in [2.45, 2.75) is 24.4 Å². The molecule has 0 aromatic heterocycles. The minimum atomic E-state index is -0.936. The van der Waals surface area contributed by atoms with Gasteiger partial charge in [0.25, 0.3) is 0 Å². The van der Waals surface area contributed by atoms with Gasteiger partial charge in [-0.3, -0.25) is 0 Å². The molecule has 1 fully saturated rings. The van der Waals surface area contributed by atoms with Crippen LogP contribution in [0.4, 0.5) is 0 Å². The van der Waals surface area contributed by atoms with E-state index < -0.39 is 11.5 Å². The zero-order valence-electron chi connectivity index (χ0n) is 13.4. The Morgan fingerprint density at radius 3 is 1.92 bits per heavy atom. The molecule has 0 amide bonds. The summed E-state index contributed by atoms with van der Waals surface area (Å²) in [5.74, 6) is -0.461. The number of ether oxygens (including phenoxy) is 1. The van der Waals surface area contributed by atoms with Gasteiger partial charge in [-0.2, -0.15) is 10.5 Å². The molecule has 1 atom stereocenters. The molecule has 0 radical (unpaired) electrons. The van der Waals surface area contributed by atoms with Gasteiger partial charge in [0, 0.05) is 26.1 Å². The van der Waals surface area contributed by atoms with Crippen LogP contribution in [0.25, 0.3) is 0 Å². The van der Waals surface area contributed by atoms with E-state index in [1.54, 1.807) is 12.1 Å². The average molecular weight is 320 g/mol. The summed E-state index contributed by atoms with van der Waals surface area (Å²) >= 11 is 0. The SMILES string of the molecule is N#CC(c1ccccc1)C1(O)CCOCC1.N#Cc1ccccc1. The molecule has 0 spiro atoms. The monoisotopic (exact) mass is 320 g/mol. The predicted molar refractivity (Wildman–Crippen MR) is 91.0 cm³/mol. The highest BCUT2D eigenvalue weighted by molar-refractivity contribution is 5.29. The Hall–Kier alpha value is -2.66. The Balaban J connectivity index is 0.000000219. The van der Waals surface area contributed by atoms with Gasteiger partial charge in [0.2, 0.25) is 0 Å². The molecule has 4 heteroatoms. The Morgan fingerprint density at radius 2 is 1.46 bits per heavy atom. The smallest absolute Gasteiger partial charge is 0.100 e. The van der Waals surface area contributed by atoms with Crippen LogP contribution in [-0.2, 0) is 4.74 Å². The van der Waals surface area contributed by atoms with Crippen molar-refractivity contribution in [1.82, 2.24) is 0 Å². The molecule has 24 heavy (non-hydrogen) atoms. The second kappa shape index (κ2) is 8.84. The maximum Gasteiger partial charge on any atom is 0.100 e. The Kier molecular flexibility index (Phi) is 6.51. The fourth-order valence-electron chi connectivity index (χ4n) is 2.68. The van der Waals surface area contributed by atoms with E-state index in [9.17, 15) is 10.4 Å². The van der Waals surface area contributed by atoms with Gasteiger partial charge in [0.05, 0.1) is 23.3 Å². The van der Waals surface area contributed by atoms with Crippen molar-refractivity contribution in [2.75, 3.05) is 13.2 Å². The standard InChI is InChI=1S/C13H15NO2.C7H5N/c14-10-12(11-4-2-1-3-5-11)13(15)6-8-16-9-7-13;8-6-7-4-2-1-3-5-7/h1-5,12,15H,6-9H2;1-5H. The lowest BCUT2D eigenvalue weighted by molar-refractivity contribution is -0.0702. The van der Waals surface area contributed by atoms with Crippen LogP contribution in [0.15, 0.2) is 60.7 Å². The molecule has 1 unspecified atom stereocenters. The second-order valence-electron chi connectivity index (χ2n) is 5.67. The van der Waals surface area contributed by atoms with Crippen LogP contribution in [0.3, 0.4) is 0 Å². The fourth-order valence-corrected chi connectivity index (χ4v) is 2.68. The van der Waals surface area contributed by atoms with E-state index in [1.165, 1.54) is 0 Å². The second-order valence-corrected chi connectivity index (χ2v) is 5.67. The number of aliphatic hydroxyl groups is 1. The summed E-state index contributed by atoms with van der Waals surface area (Å²) in [6, 6.07) is 22.9. The average Bonchev–Trinajstić information content (AvgIpc) is 2.65. The van der Waals surface area contributed by atoms with Gasteiger partial charge in [-0.15, -0.1) is 0 Å².